The van der Waals surface area contributed by atoms with Gasteiger partial charge in [-0.1, -0.05) is 36.4 Å². The minimum absolute atomic E-state index is 0.215. The molecule has 28 heavy (non-hydrogen) atoms. The lowest BCUT2D eigenvalue weighted by atomic mass is 9.89. The number of imide groups is 1. The van der Waals surface area contributed by atoms with Crippen LogP contribution in [0.4, 0.5) is 4.79 Å². The Morgan fingerprint density at radius 1 is 1.11 bits per heavy atom. The van der Waals surface area contributed by atoms with Crippen molar-refractivity contribution in [2.24, 2.45) is 0 Å². The summed E-state index contributed by atoms with van der Waals surface area (Å²) in [5.74, 6) is 0.582. The molecule has 2 aliphatic heterocycles. The van der Waals surface area contributed by atoms with E-state index in [0.717, 1.165) is 34.3 Å². The van der Waals surface area contributed by atoms with Crippen molar-refractivity contribution in [2.75, 3.05) is 13.1 Å². The van der Waals surface area contributed by atoms with E-state index in [0.29, 0.717) is 26.1 Å². The zero-order valence-electron chi connectivity index (χ0n) is 15.4. The van der Waals surface area contributed by atoms with Crippen LogP contribution in [0.5, 0.6) is 5.75 Å². The smallest absolute Gasteiger partial charge is 0.322 e. The normalized spacial score (nSPS) is 22.2. The van der Waals surface area contributed by atoms with Crippen molar-refractivity contribution in [3.05, 3.63) is 64.1 Å². The Kier molecular flexibility index (Phi) is 5.37. The number of urea groups is 1. The van der Waals surface area contributed by atoms with Crippen LogP contribution in [-0.2, 0) is 17.9 Å². The molecule has 1 spiro atoms. The molecule has 0 radical (unpaired) electrons. The Labute approximate surface area is 172 Å². The first-order valence-electron chi connectivity index (χ1n) is 9.35. The van der Waals surface area contributed by atoms with Gasteiger partial charge in [-0.3, -0.25) is 15.0 Å². The first kappa shape index (κ1) is 19.0. The number of rotatable bonds is 5. The number of amides is 3. The van der Waals surface area contributed by atoms with Gasteiger partial charge in [0, 0.05) is 13.1 Å². The molecule has 1 unspecified atom stereocenters. The Morgan fingerprint density at radius 3 is 2.64 bits per heavy atom. The van der Waals surface area contributed by atoms with Crippen molar-refractivity contribution in [2.45, 2.75) is 31.5 Å². The highest BCUT2D eigenvalue weighted by atomic mass is 79.9. The number of ether oxygens (including phenoxy) is 1. The summed E-state index contributed by atoms with van der Waals surface area (Å²) in [5.41, 5.74) is 1.46. The third-order valence-electron chi connectivity index (χ3n) is 5.23. The first-order valence-corrected chi connectivity index (χ1v) is 10.1. The van der Waals surface area contributed by atoms with Gasteiger partial charge in [0.25, 0.3) is 5.91 Å². The highest BCUT2D eigenvalue weighted by molar-refractivity contribution is 9.10. The highest BCUT2D eigenvalue weighted by Gasteiger charge is 2.48. The van der Waals surface area contributed by atoms with E-state index in [1.54, 1.807) is 0 Å². The lowest BCUT2D eigenvalue weighted by molar-refractivity contribution is -0.126. The summed E-state index contributed by atoms with van der Waals surface area (Å²) in [4.78, 5) is 26.0. The van der Waals surface area contributed by atoms with E-state index < -0.39 is 11.6 Å². The molecule has 2 aromatic rings. The Balaban J connectivity index is 1.39. The Morgan fingerprint density at radius 2 is 1.93 bits per heavy atom. The predicted octanol–water partition coefficient (Wildman–Crippen LogP) is 3.20. The van der Waals surface area contributed by atoms with E-state index in [1.165, 1.54) is 0 Å². The molecule has 0 bridgehead atoms. The van der Waals surface area contributed by atoms with Crippen LogP contribution in [0.25, 0.3) is 0 Å². The van der Waals surface area contributed by atoms with E-state index in [9.17, 15) is 9.59 Å². The lowest BCUT2D eigenvalue weighted by Gasteiger charge is -2.38. The zero-order chi connectivity index (χ0) is 19.6. The fourth-order valence-electron chi connectivity index (χ4n) is 3.85. The number of hydrogen-bond acceptors (Lipinski definition) is 4. The number of carbonyl (C=O) groups is 2. The van der Waals surface area contributed by atoms with E-state index >= 15 is 0 Å². The van der Waals surface area contributed by atoms with Crippen LogP contribution in [0.15, 0.2) is 53.0 Å². The molecule has 2 N–H and O–H groups in total. The molecule has 2 aliphatic rings. The molecule has 6 nitrogen and oxygen atoms in total. The standard InChI is InChI=1S/C21H22BrN3O3/c22-17-11-16(7-8-18(17)28-13-15-5-2-1-3-6-15)12-25-10-4-9-21(14-25)19(26)23-20(27)24-21/h1-3,5-8,11H,4,9-10,12-14H2,(H2,23,24,26,27). The summed E-state index contributed by atoms with van der Waals surface area (Å²) < 4.78 is 6.81. The summed E-state index contributed by atoms with van der Waals surface area (Å²) >= 11 is 3.60. The van der Waals surface area contributed by atoms with E-state index in [-0.39, 0.29) is 5.91 Å². The number of carbonyl (C=O) groups excluding carboxylic acids is 2. The molecule has 7 heteroatoms. The summed E-state index contributed by atoms with van der Waals surface area (Å²) in [6.45, 7) is 2.65. The van der Waals surface area contributed by atoms with Crippen molar-refractivity contribution < 1.29 is 14.3 Å². The Bertz CT molecular complexity index is 890. The molecule has 0 saturated carbocycles. The first-order chi connectivity index (χ1) is 13.5. The molecule has 2 fully saturated rings. The van der Waals surface area contributed by atoms with Gasteiger partial charge in [0.05, 0.1) is 4.47 Å². The van der Waals surface area contributed by atoms with Gasteiger partial charge in [-0.2, -0.15) is 0 Å². The van der Waals surface area contributed by atoms with E-state index in [1.807, 2.05) is 42.5 Å². The molecule has 1 atom stereocenters. The molecule has 4 rings (SSSR count). The molecule has 0 aromatic heterocycles. The van der Waals surface area contributed by atoms with Crippen molar-refractivity contribution in [1.82, 2.24) is 15.5 Å². The van der Waals surface area contributed by atoms with E-state index in [4.69, 9.17) is 4.74 Å². The van der Waals surface area contributed by atoms with Gasteiger partial charge in [0.2, 0.25) is 0 Å². The fraction of sp³-hybridized carbons (Fsp3) is 0.333. The molecule has 146 valence electrons. The average molecular weight is 444 g/mol. The lowest BCUT2D eigenvalue weighted by Crippen LogP contribution is -2.58. The largest absolute Gasteiger partial charge is 0.488 e. The van der Waals surface area contributed by atoms with Crippen molar-refractivity contribution in [3.63, 3.8) is 0 Å². The quantitative estimate of drug-likeness (QED) is 0.696. The monoisotopic (exact) mass is 443 g/mol. The minimum atomic E-state index is -0.786. The number of hydrogen-bond donors (Lipinski definition) is 2. The molecule has 3 amide bonds. The maximum atomic E-state index is 12.2. The van der Waals surface area contributed by atoms with Crippen LogP contribution in [0.2, 0.25) is 0 Å². The van der Waals surface area contributed by atoms with Crippen LogP contribution >= 0.6 is 15.9 Å². The highest BCUT2D eigenvalue weighted by Crippen LogP contribution is 2.29. The molecular weight excluding hydrogens is 422 g/mol. The number of piperidine rings is 1. The third-order valence-corrected chi connectivity index (χ3v) is 5.85. The maximum Gasteiger partial charge on any atom is 0.322 e. The number of likely N-dealkylation sites (tertiary alicyclic amines) is 1. The number of nitrogens with one attached hydrogen (secondary N) is 2. The summed E-state index contributed by atoms with van der Waals surface area (Å²) in [7, 11) is 0. The van der Waals surface area contributed by atoms with Crippen LogP contribution < -0.4 is 15.4 Å². The number of halogens is 1. The van der Waals surface area contributed by atoms with Gasteiger partial charge in [-0.05, 0) is 58.6 Å². The second-order valence-corrected chi connectivity index (χ2v) is 8.20. The van der Waals surface area contributed by atoms with Gasteiger partial charge < -0.3 is 10.1 Å². The molecular formula is C21H22BrN3O3. The average Bonchev–Trinajstić information content (AvgIpc) is 2.94. The molecule has 2 aromatic carbocycles. The Hall–Kier alpha value is -2.38. The predicted molar refractivity (Wildman–Crippen MR) is 109 cm³/mol. The third kappa shape index (κ3) is 4.05. The SMILES string of the molecule is O=C1NC(=O)C2(CCCN(Cc3ccc(OCc4ccccc4)c(Br)c3)C2)N1. The number of benzene rings is 2. The van der Waals surface area contributed by atoms with Gasteiger partial charge in [-0.25, -0.2) is 4.79 Å². The number of nitrogens with zero attached hydrogens (tertiary/aromatic N) is 1. The molecule has 2 heterocycles. The molecule has 0 aliphatic carbocycles. The van der Waals surface area contributed by atoms with Crippen LogP contribution in [0, 0.1) is 0 Å². The minimum Gasteiger partial charge on any atom is -0.488 e. The van der Waals surface area contributed by atoms with Crippen molar-refractivity contribution in [3.8, 4) is 5.75 Å². The van der Waals surface area contributed by atoms with Gasteiger partial charge in [-0.15, -0.1) is 0 Å². The molecule has 2 saturated heterocycles. The van der Waals surface area contributed by atoms with Crippen LogP contribution in [-0.4, -0.2) is 35.5 Å². The topological polar surface area (TPSA) is 70.7 Å². The maximum absolute atomic E-state index is 12.2. The van der Waals surface area contributed by atoms with Crippen LogP contribution in [0.3, 0.4) is 0 Å². The van der Waals surface area contributed by atoms with Crippen molar-refractivity contribution in [1.29, 1.82) is 0 Å². The van der Waals surface area contributed by atoms with Crippen molar-refractivity contribution >= 4 is 27.9 Å². The van der Waals surface area contributed by atoms with Gasteiger partial charge >= 0.3 is 6.03 Å². The van der Waals surface area contributed by atoms with Crippen LogP contribution in [0.1, 0.15) is 24.0 Å². The zero-order valence-corrected chi connectivity index (χ0v) is 17.0. The fourth-order valence-corrected chi connectivity index (χ4v) is 4.39. The van der Waals surface area contributed by atoms with Gasteiger partial charge in [0.1, 0.15) is 17.9 Å². The van der Waals surface area contributed by atoms with E-state index in [2.05, 4.69) is 37.5 Å². The summed E-state index contributed by atoms with van der Waals surface area (Å²) in [6.07, 6.45) is 1.55. The second kappa shape index (κ2) is 7.93. The van der Waals surface area contributed by atoms with Gasteiger partial charge in [0.15, 0.2) is 0 Å². The second-order valence-electron chi connectivity index (χ2n) is 7.34. The summed E-state index contributed by atoms with van der Waals surface area (Å²) in [5, 5.41) is 5.18. The summed E-state index contributed by atoms with van der Waals surface area (Å²) in [6, 6.07) is 15.7.